The van der Waals surface area contributed by atoms with Gasteiger partial charge in [-0.05, 0) is 42.1 Å². The molecule has 0 spiro atoms. The average molecular weight is 408 g/mol. The van der Waals surface area contributed by atoms with Crippen molar-refractivity contribution in [2.45, 2.75) is 0 Å². The summed E-state index contributed by atoms with van der Waals surface area (Å²) in [6.45, 7) is 0.439. The number of nitrogens with zero attached hydrogens (tertiary/aromatic N) is 1. The van der Waals surface area contributed by atoms with E-state index in [0.717, 1.165) is 16.7 Å². The van der Waals surface area contributed by atoms with Crippen LogP contribution in [0.15, 0.2) is 39.7 Å². The van der Waals surface area contributed by atoms with Gasteiger partial charge in [-0.15, -0.1) is 0 Å². The summed E-state index contributed by atoms with van der Waals surface area (Å²) in [5.74, 6) is -0.790. The van der Waals surface area contributed by atoms with Crippen LogP contribution in [0.5, 0.6) is 0 Å². The molecule has 0 saturated carbocycles. The van der Waals surface area contributed by atoms with Gasteiger partial charge in [0.2, 0.25) is 0 Å². The molecule has 140 valence electrons. The van der Waals surface area contributed by atoms with Gasteiger partial charge < -0.3 is 14.3 Å². The van der Waals surface area contributed by atoms with Crippen molar-refractivity contribution in [3.05, 3.63) is 51.6 Å². The molecule has 3 rings (SSSR count). The van der Waals surface area contributed by atoms with Gasteiger partial charge in [0.05, 0.1) is 28.6 Å². The molecule has 1 N–H and O–H groups in total. The van der Waals surface area contributed by atoms with Crippen LogP contribution in [0.25, 0.3) is 17.4 Å². The van der Waals surface area contributed by atoms with E-state index in [0.29, 0.717) is 22.1 Å². The highest BCUT2D eigenvalue weighted by Crippen LogP contribution is 2.34. The molecule has 0 unspecified atom stereocenters. The summed E-state index contributed by atoms with van der Waals surface area (Å²) in [6.07, 6.45) is 1.47. The lowest BCUT2D eigenvalue weighted by Gasteiger charge is -2.10. The van der Waals surface area contributed by atoms with E-state index >= 15 is 0 Å². The topological polar surface area (TPSA) is 97.1 Å². The molecule has 1 aliphatic heterocycles. The molecule has 2 aromatic rings. The zero-order chi connectivity index (χ0) is 19.6. The number of carbonyl (C=O) groups excluding carboxylic acids is 2. The van der Waals surface area contributed by atoms with E-state index in [1.807, 2.05) is 0 Å². The lowest BCUT2D eigenvalue weighted by Crippen LogP contribution is -2.31. The summed E-state index contributed by atoms with van der Waals surface area (Å²) in [5.41, 5.74) is 0.496. The van der Waals surface area contributed by atoms with Crippen molar-refractivity contribution in [3.63, 3.8) is 0 Å². The molecule has 1 aromatic heterocycles. The summed E-state index contributed by atoms with van der Waals surface area (Å²) >= 11 is 6.96. The highest BCUT2D eigenvalue weighted by Gasteiger charge is 2.34. The van der Waals surface area contributed by atoms with Crippen LogP contribution in [0.2, 0.25) is 5.02 Å². The molecule has 0 atom stereocenters. The average Bonchev–Trinajstić information content (AvgIpc) is 3.19. The maximum Gasteiger partial charge on any atom is 0.335 e. The zero-order valence-electron chi connectivity index (χ0n) is 14.1. The third kappa shape index (κ3) is 4.08. The van der Waals surface area contributed by atoms with Crippen LogP contribution in [0.3, 0.4) is 0 Å². The standard InChI is InChI=1S/C18H14ClNO6S/c1-25-7-6-20-16(21)15(27-18(20)24)9-11-3-5-14(26-11)12-8-10(17(22)23)2-4-13(12)19/h2-5,8-9H,6-7H2,1H3,(H,22,23)/b15-9+. The largest absolute Gasteiger partial charge is 0.478 e. The van der Waals surface area contributed by atoms with Crippen LogP contribution >= 0.6 is 23.4 Å². The predicted molar refractivity (Wildman–Crippen MR) is 101 cm³/mol. The maximum absolute atomic E-state index is 12.3. The third-order valence-corrected chi connectivity index (χ3v) is 5.01. The van der Waals surface area contributed by atoms with Crippen LogP contribution < -0.4 is 0 Å². The van der Waals surface area contributed by atoms with E-state index < -0.39 is 11.9 Å². The Labute approximate surface area is 163 Å². The number of halogens is 1. The van der Waals surface area contributed by atoms with E-state index in [2.05, 4.69) is 0 Å². The Morgan fingerprint density at radius 1 is 1.33 bits per heavy atom. The molecular formula is C18H14ClNO6S. The van der Waals surface area contributed by atoms with Gasteiger partial charge in [0.15, 0.2) is 0 Å². The number of aromatic carboxylic acids is 1. The number of carboxylic acids is 1. The van der Waals surface area contributed by atoms with Crippen molar-refractivity contribution in [2.75, 3.05) is 20.3 Å². The zero-order valence-corrected chi connectivity index (χ0v) is 15.7. The van der Waals surface area contributed by atoms with E-state index in [9.17, 15) is 14.4 Å². The molecule has 0 radical (unpaired) electrons. The monoisotopic (exact) mass is 407 g/mol. The Hall–Kier alpha value is -2.55. The van der Waals surface area contributed by atoms with Gasteiger partial charge in [-0.3, -0.25) is 14.5 Å². The molecular weight excluding hydrogens is 394 g/mol. The van der Waals surface area contributed by atoms with Crippen LogP contribution in [-0.2, 0) is 9.53 Å². The number of carbonyl (C=O) groups is 3. The first-order valence-electron chi connectivity index (χ1n) is 7.78. The molecule has 9 heteroatoms. The predicted octanol–water partition coefficient (Wildman–Crippen LogP) is 3.98. The van der Waals surface area contributed by atoms with Crippen molar-refractivity contribution in [1.29, 1.82) is 0 Å². The number of benzene rings is 1. The highest BCUT2D eigenvalue weighted by atomic mass is 35.5. The second kappa shape index (κ2) is 7.99. The van der Waals surface area contributed by atoms with Crippen molar-refractivity contribution in [3.8, 4) is 11.3 Å². The van der Waals surface area contributed by atoms with Gasteiger partial charge in [0, 0.05) is 18.7 Å². The van der Waals surface area contributed by atoms with Crippen LogP contribution in [-0.4, -0.2) is 47.4 Å². The van der Waals surface area contributed by atoms with Gasteiger partial charge in [-0.1, -0.05) is 11.6 Å². The van der Waals surface area contributed by atoms with E-state index in [-0.39, 0.29) is 28.9 Å². The van der Waals surface area contributed by atoms with Crippen LogP contribution in [0.1, 0.15) is 16.1 Å². The Bertz CT molecular complexity index is 951. The summed E-state index contributed by atoms with van der Waals surface area (Å²) < 4.78 is 10.6. The lowest BCUT2D eigenvalue weighted by molar-refractivity contribution is -0.123. The fraction of sp³-hybridized carbons (Fsp3) is 0.167. The Morgan fingerprint density at radius 3 is 2.81 bits per heavy atom. The van der Waals surface area contributed by atoms with E-state index in [1.165, 1.54) is 31.4 Å². The normalized spacial score (nSPS) is 15.8. The number of amides is 2. The molecule has 2 heterocycles. The molecule has 1 aliphatic rings. The molecule has 7 nitrogen and oxygen atoms in total. The van der Waals surface area contributed by atoms with Gasteiger partial charge >= 0.3 is 5.97 Å². The van der Waals surface area contributed by atoms with Gasteiger partial charge in [0.25, 0.3) is 11.1 Å². The second-order valence-corrected chi connectivity index (χ2v) is 6.93. The lowest BCUT2D eigenvalue weighted by atomic mass is 10.1. The van der Waals surface area contributed by atoms with Crippen molar-refractivity contribution < 1.29 is 28.6 Å². The quantitative estimate of drug-likeness (QED) is 0.723. The Kier molecular flexibility index (Phi) is 5.69. The minimum absolute atomic E-state index is 0.0756. The van der Waals surface area contributed by atoms with Crippen molar-refractivity contribution in [1.82, 2.24) is 4.90 Å². The van der Waals surface area contributed by atoms with Gasteiger partial charge in [0.1, 0.15) is 11.5 Å². The highest BCUT2D eigenvalue weighted by molar-refractivity contribution is 8.18. The number of ether oxygens (including phenoxy) is 1. The molecule has 0 bridgehead atoms. The van der Waals surface area contributed by atoms with Crippen molar-refractivity contribution >= 4 is 46.6 Å². The van der Waals surface area contributed by atoms with Crippen molar-refractivity contribution in [2.24, 2.45) is 0 Å². The fourth-order valence-corrected chi connectivity index (χ4v) is 3.48. The number of methoxy groups -OCH3 is 1. The molecule has 0 aliphatic carbocycles. The number of hydrogen-bond acceptors (Lipinski definition) is 6. The van der Waals surface area contributed by atoms with Gasteiger partial charge in [-0.25, -0.2) is 4.79 Å². The maximum atomic E-state index is 12.3. The SMILES string of the molecule is COCCN1C(=O)S/C(=C/c2ccc(-c3cc(C(=O)O)ccc3Cl)o2)C1=O. The van der Waals surface area contributed by atoms with E-state index in [1.54, 1.807) is 12.1 Å². The Balaban J connectivity index is 1.86. The molecule has 2 amide bonds. The first-order valence-corrected chi connectivity index (χ1v) is 8.97. The van der Waals surface area contributed by atoms with Crippen LogP contribution in [0.4, 0.5) is 4.79 Å². The number of imide groups is 1. The summed E-state index contributed by atoms with van der Waals surface area (Å²) in [7, 11) is 1.49. The fourth-order valence-electron chi connectivity index (χ4n) is 2.43. The number of thioether (sulfide) groups is 1. The summed E-state index contributed by atoms with van der Waals surface area (Å²) in [5, 5.41) is 9.08. The summed E-state index contributed by atoms with van der Waals surface area (Å²) in [4.78, 5) is 36.7. The van der Waals surface area contributed by atoms with Gasteiger partial charge in [-0.2, -0.15) is 0 Å². The minimum Gasteiger partial charge on any atom is -0.478 e. The third-order valence-electron chi connectivity index (χ3n) is 3.77. The van der Waals surface area contributed by atoms with Crippen LogP contribution in [0, 0.1) is 0 Å². The minimum atomic E-state index is -1.08. The second-order valence-electron chi connectivity index (χ2n) is 5.53. The molecule has 27 heavy (non-hydrogen) atoms. The number of carboxylic acid groups (broad SMARTS) is 1. The number of hydrogen-bond donors (Lipinski definition) is 1. The number of rotatable bonds is 6. The number of furan rings is 1. The molecule has 1 fully saturated rings. The summed E-state index contributed by atoms with van der Waals surface area (Å²) in [6, 6.07) is 7.51. The molecule has 1 saturated heterocycles. The smallest absolute Gasteiger partial charge is 0.335 e. The first-order chi connectivity index (χ1) is 12.9. The first kappa shape index (κ1) is 19.2. The van der Waals surface area contributed by atoms with E-state index in [4.69, 9.17) is 25.9 Å². The Morgan fingerprint density at radius 2 is 2.11 bits per heavy atom. The molecule has 1 aromatic carbocycles.